The normalized spacial score (nSPS) is 11.2. The molecule has 150 valence electrons. The molecule has 30 heavy (non-hydrogen) atoms. The summed E-state index contributed by atoms with van der Waals surface area (Å²) >= 11 is 7.72. The van der Waals surface area contributed by atoms with Crippen LogP contribution in [0.25, 0.3) is 11.0 Å². The third-order valence-corrected chi connectivity index (χ3v) is 5.69. The summed E-state index contributed by atoms with van der Waals surface area (Å²) < 4.78 is 2.08. The molecule has 0 aliphatic carbocycles. The number of aromatic nitrogens is 3. The first-order valence-electron chi connectivity index (χ1n) is 9.24. The number of carbonyl (C=O) groups excluding carboxylic acids is 1. The van der Waals surface area contributed by atoms with E-state index in [0.717, 1.165) is 27.3 Å². The van der Waals surface area contributed by atoms with Crippen molar-refractivity contribution < 1.29 is 4.79 Å². The van der Waals surface area contributed by atoms with Crippen molar-refractivity contribution in [1.29, 1.82) is 0 Å². The molecule has 0 saturated heterocycles. The number of fused-ring (bicyclic) bond motifs is 1. The van der Waals surface area contributed by atoms with E-state index in [-0.39, 0.29) is 11.7 Å². The van der Waals surface area contributed by atoms with Crippen LogP contribution in [0.3, 0.4) is 0 Å². The van der Waals surface area contributed by atoms with Crippen LogP contribution in [0.5, 0.6) is 0 Å². The predicted molar refractivity (Wildman–Crippen MR) is 121 cm³/mol. The van der Waals surface area contributed by atoms with E-state index in [0.29, 0.717) is 11.6 Å². The molecule has 2 aromatic carbocycles. The molecule has 1 N–H and O–H groups in total. The number of benzene rings is 2. The van der Waals surface area contributed by atoms with Gasteiger partial charge < -0.3 is 4.57 Å². The number of nitrogens with one attached hydrogen (secondary N) is 1. The van der Waals surface area contributed by atoms with Crippen LogP contribution in [0.1, 0.15) is 11.1 Å². The van der Waals surface area contributed by atoms with Gasteiger partial charge in [-0.3, -0.25) is 9.78 Å². The molecule has 1 amide bonds. The Kier molecular flexibility index (Phi) is 6.41. The number of hydrazone groups is 1. The summed E-state index contributed by atoms with van der Waals surface area (Å²) in [6.07, 6.45) is 4.92. The van der Waals surface area contributed by atoms with Crippen LogP contribution < -0.4 is 5.43 Å². The molecule has 2 heterocycles. The lowest BCUT2D eigenvalue weighted by Crippen LogP contribution is -2.20. The molecule has 4 rings (SSSR count). The molecule has 6 nitrogen and oxygen atoms in total. The van der Waals surface area contributed by atoms with Crippen LogP contribution >= 0.6 is 23.4 Å². The quantitative estimate of drug-likeness (QED) is 0.266. The van der Waals surface area contributed by atoms with Gasteiger partial charge in [0, 0.05) is 17.4 Å². The summed E-state index contributed by atoms with van der Waals surface area (Å²) in [6.45, 7) is 0.574. The fourth-order valence-corrected chi connectivity index (χ4v) is 3.91. The van der Waals surface area contributed by atoms with E-state index in [2.05, 4.69) is 20.1 Å². The van der Waals surface area contributed by atoms with Gasteiger partial charge in [0.15, 0.2) is 5.16 Å². The highest BCUT2D eigenvalue weighted by Crippen LogP contribution is 2.26. The van der Waals surface area contributed by atoms with Crippen LogP contribution in [0, 0.1) is 0 Å². The number of halogens is 1. The lowest BCUT2D eigenvalue weighted by atomic mass is 10.2. The van der Waals surface area contributed by atoms with Crippen LogP contribution in [0.4, 0.5) is 0 Å². The van der Waals surface area contributed by atoms with Crippen molar-refractivity contribution in [3.05, 3.63) is 89.2 Å². The zero-order valence-electron chi connectivity index (χ0n) is 15.9. The van der Waals surface area contributed by atoms with Crippen molar-refractivity contribution in [2.45, 2.75) is 11.7 Å². The number of carbonyl (C=O) groups is 1. The zero-order chi connectivity index (χ0) is 20.8. The topological polar surface area (TPSA) is 72.2 Å². The SMILES string of the molecule is O=C(CSc1nc2ccccc2n1Cc1ccccc1Cl)N/N=C\c1ccncc1. The summed E-state index contributed by atoms with van der Waals surface area (Å²) in [6, 6.07) is 19.2. The average Bonchev–Trinajstić information content (AvgIpc) is 3.12. The van der Waals surface area contributed by atoms with E-state index in [1.165, 1.54) is 11.8 Å². The number of para-hydroxylation sites is 2. The standard InChI is InChI=1S/C22H18ClN5OS/c23-18-6-2-1-5-17(18)14-28-20-8-4-3-7-19(20)26-22(28)30-15-21(29)27-25-13-16-9-11-24-12-10-16/h1-13H,14-15H2,(H,27,29)/b25-13-. The van der Waals surface area contributed by atoms with Gasteiger partial charge in [-0.1, -0.05) is 53.7 Å². The minimum Gasteiger partial charge on any atom is -0.314 e. The minimum absolute atomic E-state index is 0.194. The molecular formula is C22H18ClN5OS. The second-order valence-corrected chi connectivity index (χ2v) is 7.77. The van der Waals surface area contributed by atoms with Crippen molar-refractivity contribution in [3.8, 4) is 0 Å². The highest BCUT2D eigenvalue weighted by molar-refractivity contribution is 7.99. The van der Waals surface area contributed by atoms with Crippen LogP contribution in [-0.4, -0.2) is 32.4 Å². The number of thioether (sulfide) groups is 1. The molecule has 8 heteroatoms. The Balaban J connectivity index is 1.47. The number of amides is 1. The first-order valence-corrected chi connectivity index (χ1v) is 10.6. The summed E-state index contributed by atoms with van der Waals surface area (Å²) in [4.78, 5) is 20.9. The van der Waals surface area contributed by atoms with E-state index < -0.39 is 0 Å². The smallest absolute Gasteiger partial charge is 0.250 e. The molecule has 0 aliphatic rings. The molecule has 0 spiro atoms. The van der Waals surface area contributed by atoms with Gasteiger partial charge in [0.2, 0.25) is 0 Å². The number of hydrogen-bond donors (Lipinski definition) is 1. The van der Waals surface area contributed by atoms with Gasteiger partial charge in [0.05, 0.1) is 29.5 Å². The first-order chi connectivity index (χ1) is 14.7. The van der Waals surface area contributed by atoms with E-state index in [9.17, 15) is 4.79 Å². The Morgan fingerprint density at radius 1 is 1.10 bits per heavy atom. The second kappa shape index (κ2) is 9.56. The van der Waals surface area contributed by atoms with Crippen molar-refractivity contribution in [2.24, 2.45) is 5.10 Å². The van der Waals surface area contributed by atoms with Gasteiger partial charge in [0.1, 0.15) is 0 Å². The second-order valence-electron chi connectivity index (χ2n) is 6.42. The number of nitrogens with zero attached hydrogens (tertiary/aromatic N) is 4. The van der Waals surface area contributed by atoms with Crippen LogP contribution in [-0.2, 0) is 11.3 Å². The molecule has 0 atom stereocenters. The molecule has 0 saturated carbocycles. The Bertz CT molecular complexity index is 1190. The Hall–Kier alpha value is -3.16. The number of imidazole rings is 1. The predicted octanol–water partition coefficient (Wildman–Crippen LogP) is 4.38. The third kappa shape index (κ3) is 4.87. The fraction of sp³-hybridized carbons (Fsp3) is 0.0909. The van der Waals surface area contributed by atoms with Crippen molar-refractivity contribution >= 4 is 46.5 Å². The van der Waals surface area contributed by atoms with Gasteiger partial charge in [-0.25, -0.2) is 10.4 Å². The number of pyridine rings is 1. The van der Waals surface area contributed by atoms with Gasteiger partial charge in [-0.2, -0.15) is 5.10 Å². The molecular weight excluding hydrogens is 418 g/mol. The largest absolute Gasteiger partial charge is 0.314 e. The van der Waals surface area contributed by atoms with E-state index in [1.54, 1.807) is 18.6 Å². The molecule has 0 aliphatic heterocycles. The Labute approximate surface area is 183 Å². The van der Waals surface area contributed by atoms with Crippen molar-refractivity contribution in [1.82, 2.24) is 20.0 Å². The summed E-state index contributed by atoms with van der Waals surface area (Å²) in [5.74, 6) is -0.0128. The first kappa shape index (κ1) is 20.1. The third-order valence-electron chi connectivity index (χ3n) is 4.35. The number of rotatable bonds is 7. The summed E-state index contributed by atoms with van der Waals surface area (Å²) in [5.41, 5.74) is 6.28. The van der Waals surface area contributed by atoms with Gasteiger partial charge in [-0.05, 0) is 41.5 Å². The minimum atomic E-state index is -0.207. The lowest BCUT2D eigenvalue weighted by Gasteiger charge is -2.10. The van der Waals surface area contributed by atoms with Crippen molar-refractivity contribution in [2.75, 3.05) is 5.75 Å². The molecule has 0 fully saturated rings. The van der Waals surface area contributed by atoms with E-state index in [1.807, 2.05) is 60.7 Å². The Morgan fingerprint density at radius 2 is 1.87 bits per heavy atom. The molecule has 0 bridgehead atoms. The van der Waals surface area contributed by atoms with Crippen LogP contribution in [0.15, 0.2) is 83.3 Å². The van der Waals surface area contributed by atoms with Gasteiger partial charge in [0.25, 0.3) is 5.91 Å². The molecule has 0 radical (unpaired) electrons. The highest BCUT2D eigenvalue weighted by Gasteiger charge is 2.14. The van der Waals surface area contributed by atoms with Crippen LogP contribution in [0.2, 0.25) is 5.02 Å². The molecule has 2 aromatic heterocycles. The highest BCUT2D eigenvalue weighted by atomic mass is 35.5. The van der Waals surface area contributed by atoms with Crippen molar-refractivity contribution in [3.63, 3.8) is 0 Å². The Morgan fingerprint density at radius 3 is 2.70 bits per heavy atom. The fourth-order valence-electron chi connectivity index (χ4n) is 2.90. The van der Waals surface area contributed by atoms with E-state index >= 15 is 0 Å². The van der Waals surface area contributed by atoms with E-state index in [4.69, 9.17) is 16.6 Å². The maximum absolute atomic E-state index is 12.2. The summed E-state index contributed by atoms with van der Waals surface area (Å²) in [5, 5.41) is 5.45. The average molecular weight is 436 g/mol. The maximum Gasteiger partial charge on any atom is 0.250 e. The summed E-state index contributed by atoms with van der Waals surface area (Å²) in [7, 11) is 0. The van der Waals surface area contributed by atoms with Gasteiger partial charge in [-0.15, -0.1) is 0 Å². The molecule has 4 aromatic rings. The monoisotopic (exact) mass is 435 g/mol. The number of hydrogen-bond acceptors (Lipinski definition) is 5. The lowest BCUT2D eigenvalue weighted by molar-refractivity contribution is -0.118. The van der Waals surface area contributed by atoms with Gasteiger partial charge >= 0.3 is 0 Å². The molecule has 0 unspecified atom stereocenters. The maximum atomic E-state index is 12.2. The zero-order valence-corrected chi connectivity index (χ0v) is 17.5.